The van der Waals surface area contributed by atoms with E-state index in [1.165, 1.54) is 6.08 Å². The van der Waals surface area contributed by atoms with Crippen LogP contribution in [0.4, 0.5) is 16.2 Å². The van der Waals surface area contributed by atoms with Gasteiger partial charge >= 0.3 is 5.97 Å². The molecule has 0 atom stereocenters. The topological polar surface area (TPSA) is 125 Å². The van der Waals surface area contributed by atoms with Gasteiger partial charge in [0.25, 0.3) is 11.1 Å². The molecule has 2 fully saturated rings. The van der Waals surface area contributed by atoms with Crippen molar-refractivity contribution >= 4 is 52.2 Å². The van der Waals surface area contributed by atoms with Gasteiger partial charge in [0.1, 0.15) is 12.3 Å². The van der Waals surface area contributed by atoms with Crippen molar-refractivity contribution in [3.05, 3.63) is 59.0 Å². The number of carboxylic acid groups (broad SMARTS) is 1. The number of rotatable bonds is 8. The van der Waals surface area contributed by atoms with Crippen LogP contribution in [0.5, 0.6) is 5.75 Å². The van der Waals surface area contributed by atoms with Crippen LogP contribution in [0.2, 0.25) is 0 Å². The van der Waals surface area contributed by atoms with Gasteiger partial charge in [0.05, 0.1) is 18.1 Å². The van der Waals surface area contributed by atoms with Crippen LogP contribution >= 0.6 is 11.8 Å². The Morgan fingerprint density at radius 2 is 1.80 bits per heavy atom. The summed E-state index contributed by atoms with van der Waals surface area (Å²) in [6.45, 7) is 1.98. The van der Waals surface area contributed by atoms with Crippen molar-refractivity contribution < 1.29 is 33.8 Å². The second kappa shape index (κ2) is 11.1. The molecule has 2 N–H and O–H groups in total. The van der Waals surface area contributed by atoms with E-state index in [0.29, 0.717) is 36.2 Å². The summed E-state index contributed by atoms with van der Waals surface area (Å²) in [5.41, 5.74) is 2.03. The van der Waals surface area contributed by atoms with E-state index < -0.39 is 36.2 Å². The van der Waals surface area contributed by atoms with E-state index in [1.54, 1.807) is 36.4 Å². The number of carbonyl (C=O) groups excluding carboxylic acids is 3. The lowest BCUT2D eigenvalue weighted by Gasteiger charge is -2.28. The molecule has 0 bridgehead atoms. The molecule has 2 aliphatic rings. The summed E-state index contributed by atoms with van der Waals surface area (Å²) in [5.74, 6) is -1.98. The van der Waals surface area contributed by atoms with Gasteiger partial charge in [-0.1, -0.05) is 18.2 Å². The van der Waals surface area contributed by atoms with E-state index in [2.05, 4.69) is 10.2 Å². The number of ether oxygens (including phenoxy) is 2. The number of aliphatic carboxylic acids is 1. The van der Waals surface area contributed by atoms with Crippen LogP contribution in [-0.4, -0.2) is 72.5 Å². The van der Waals surface area contributed by atoms with E-state index in [0.717, 1.165) is 23.7 Å². The molecular formula is C24H23N3O7S. The predicted octanol–water partition coefficient (Wildman–Crippen LogP) is 2.66. The summed E-state index contributed by atoms with van der Waals surface area (Å²) < 4.78 is 10.6. The first-order valence-electron chi connectivity index (χ1n) is 10.8. The minimum Gasteiger partial charge on any atom is -0.481 e. The Hall–Kier alpha value is -3.83. The standard InChI is InChI=1S/C24H23N3O7S/c28-21(25-17-5-7-18(8-6-17)26-9-11-33-12-10-26)14-27-23(31)20(35-24(27)32)13-16-3-1-2-4-19(16)34-15-22(29)30/h1-8,13H,9-12,14-15H2,(H,25,28)(H,29,30)/b20-13+. The van der Waals surface area contributed by atoms with Gasteiger partial charge in [0, 0.05) is 30.0 Å². The predicted molar refractivity (Wildman–Crippen MR) is 130 cm³/mol. The zero-order valence-corrected chi connectivity index (χ0v) is 19.5. The smallest absolute Gasteiger partial charge is 0.341 e. The molecule has 2 saturated heterocycles. The van der Waals surface area contributed by atoms with Crippen molar-refractivity contribution in [2.24, 2.45) is 0 Å². The van der Waals surface area contributed by atoms with Crippen LogP contribution < -0.4 is 15.0 Å². The molecule has 2 aromatic carbocycles. The molecule has 2 aliphatic heterocycles. The van der Waals surface area contributed by atoms with E-state index in [1.807, 2.05) is 12.1 Å². The highest BCUT2D eigenvalue weighted by molar-refractivity contribution is 8.18. The zero-order valence-electron chi connectivity index (χ0n) is 18.6. The summed E-state index contributed by atoms with van der Waals surface area (Å²) in [4.78, 5) is 51.7. The summed E-state index contributed by atoms with van der Waals surface area (Å²) in [7, 11) is 0. The number of nitrogens with zero attached hydrogens (tertiary/aromatic N) is 2. The molecule has 11 heteroatoms. The molecule has 0 aromatic heterocycles. The molecule has 3 amide bonds. The van der Waals surface area contributed by atoms with Crippen molar-refractivity contribution in [3.63, 3.8) is 0 Å². The van der Waals surface area contributed by atoms with Gasteiger partial charge in [0.2, 0.25) is 5.91 Å². The lowest BCUT2D eigenvalue weighted by Crippen LogP contribution is -2.36. The average molecular weight is 498 g/mol. The molecule has 182 valence electrons. The molecule has 4 rings (SSSR count). The first-order valence-corrected chi connectivity index (χ1v) is 11.6. The van der Waals surface area contributed by atoms with Crippen molar-refractivity contribution in [3.8, 4) is 5.75 Å². The number of hydrogen-bond acceptors (Lipinski definition) is 8. The Morgan fingerprint density at radius 1 is 1.09 bits per heavy atom. The van der Waals surface area contributed by atoms with Gasteiger partial charge in [-0.15, -0.1) is 0 Å². The Kier molecular flexibility index (Phi) is 7.68. The maximum absolute atomic E-state index is 12.8. The van der Waals surface area contributed by atoms with E-state index in [9.17, 15) is 19.2 Å². The average Bonchev–Trinajstić information content (AvgIpc) is 3.11. The van der Waals surface area contributed by atoms with E-state index in [-0.39, 0.29) is 10.7 Å². The van der Waals surface area contributed by atoms with Crippen LogP contribution in [0.1, 0.15) is 5.56 Å². The monoisotopic (exact) mass is 497 g/mol. The molecule has 10 nitrogen and oxygen atoms in total. The third-order valence-corrected chi connectivity index (χ3v) is 6.17. The van der Waals surface area contributed by atoms with Gasteiger partial charge in [0.15, 0.2) is 6.61 Å². The van der Waals surface area contributed by atoms with Crippen molar-refractivity contribution in [2.75, 3.05) is 49.7 Å². The number of para-hydroxylation sites is 1. The van der Waals surface area contributed by atoms with Gasteiger partial charge in [-0.3, -0.25) is 19.3 Å². The number of thioether (sulfide) groups is 1. The minimum absolute atomic E-state index is 0.115. The highest BCUT2D eigenvalue weighted by Crippen LogP contribution is 2.34. The summed E-state index contributed by atoms with van der Waals surface area (Å²) in [6.07, 6.45) is 1.45. The molecule has 0 radical (unpaired) electrons. The fourth-order valence-corrected chi connectivity index (χ4v) is 4.40. The first kappa shape index (κ1) is 24.3. The molecule has 0 unspecified atom stereocenters. The highest BCUT2D eigenvalue weighted by Gasteiger charge is 2.36. The van der Waals surface area contributed by atoms with Gasteiger partial charge in [-0.2, -0.15) is 0 Å². The Bertz CT molecular complexity index is 1160. The van der Waals surface area contributed by atoms with Crippen LogP contribution in [0.3, 0.4) is 0 Å². The van der Waals surface area contributed by atoms with Crippen LogP contribution in [0, 0.1) is 0 Å². The third-order valence-electron chi connectivity index (χ3n) is 5.26. The second-order valence-electron chi connectivity index (χ2n) is 7.68. The number of morpholine rings is 1. The number of carboxylic acids is 1. The fraction of sp³-hybridized carbons (Fsp3) is 0.250. The molecule has 0 spiro atoms. The number of carbonyl (C=O) groups is 4. The Balaban J connectivity index is 1.38. The second-order valence-corrected chi connectivity index (χ2v) is 8.68. The third kappa shape index (κ3) is 6.19. The number of imide groups is 1. The Labute approximate surface area is 205 Å². The van der Waals surface area contributed by atoms with Crippen molar-refractivity contribution in [1.29, 1.82) is 0 Å². The summed E-state index contributed by atoms with van der Waals surface area (Å²) >= 11 is 0.707. The SMILES string of the molecule is O=C(O)COc1ccccc1/C=C1/SC(=O)N(CC(=O)Nc2ccc(N3CCOCC3)cc2)C1=O. The number of benzene rings is 2. The van der Waals surface area contributed by atoms with Crippen molar-refractivity contribution in [2.45, 2.75) is 0 Å². The molecule has 35 heavy (non-hydrogen) atoms. The van der Waals surface area contributed by atoms with Crippen LogP contribution in [-0.2, 0) is 19.1 Å². The van der Waals surface area contributed by atoms with Crippen molar-refractivity contribution in [1.82, 2.24) is 4.90 Å². The molecule has 0 aliphatic carbocycles. The highest BCUT2D eigenvalue weighted by atomic mass is 32.2. The maximum Gasteiger partial charge on any atom is 0.341 e. The van der Waals surface area contributed by atoms with Gasteiger partial charge in [-0.25, -0.2) is 4.79 Å². The number of amides is 3. The lowest BCUT2D eigenvalue weighted by atomic mass is 10.2. The molecule has 2 heterocycles. The van der Waals surface area contributed by atoms with Crippen LogP contribution in [0.25, 0.3) is 6.08 Å². The van der Waals surface area contributed by atoms with Gasteiger partial charge in [-0.05, 0) is 48.2 Å². The normalized spacial score (nSPS) is 17.1. The quantitative estimate of drug-likeness (QED) is 0.530. The summed E-state index contributed by atoms with van der Waals surface area (Å²) in [5, 5.41) is 11.0. The van der Waals surface area contributed by atoms with Gasteiger partial charge < -0.3 is 24.8 Å². The first-order chi connectivity index (χ1) is 16.9. The molecular weight excluding hydrogens is 474 g/mol. The number of anilines is 2. The van der Waals surface area contributed by atoms with E-state index in [4.69, 9.17) is 14.6 Å². The summed E-state index contributed by atoms with van der Waals surface area (Å²) in [6, 6.07) is 13.9. The molecule has 0 saturated carbocycles. The lowest BCUT2D eigenvalue weighted by molar-refractivity contribution is -0.139. The van der Waals surface area contributed by atoms with E-state index >= 15 is 0 Å². The zero-order chi connectivity index (χ0) is 24.8. The largest absolute Gasteiger partial charge is 0.481 e. The van der Waals surface area contributed by atoms with Crippen LogP contribution in [0.15, 0.2) is 53.4 Å². The Morgan fingerprint density at radius 3 is 2.51 bits per heavy atom. The molecule has 2 aromatic rings. The number of hydrogen-bond donors (Lipinski definition) is 2. The maximum atomic E-state index is 12.8. The number of nitrogens with one attached hydrogen (secondary N) is 1. The minimum atomic E-state index is -1.14. The fourth-order valence-electron chi connectivity index (χ4n) is 3.57.